The summed E-state index contributed by atoms with van der Waals surface area (Å²) in [6.45, 7) is 0. The minimum absolute atomic E-state index is 0.114. The molecule has 0 unspecified atom stereocenters. The molecule has 0 aliphatic heterocycles. The summed E-state index contributed by atoms with van der Waals surface area (Å²) >= 11 is 0. The van der Waals surface area contributed by atoms with E-state index in [4.69, 9.17) is 5.11 Å². The number of amides is 1. The van der Waals surface area contributed by atoms with Crippen molar-refractivity contribution in [3.05, 3.63) is 84.3 Å². The summed E-state index contributed by atoms with van der Waals surface area (Å²) in [5.41, 5.74) is 3.99. The molecule has 1 aliphatic rings. The number of fused-ring (bicyclic) bond motifs is 1. The minimum Gasteiger partial charge on any atom is -0.481 e. The molecule has 0 radical (unpaired) electrons. The molecule has 2 N–H and O–H groups in total. The molecule has 0 saturated heterocycles. The summed E-state index contributed by atoms with van der Waals surface area (Å²) in [6, 6.07) is 17.1. The molecule has 2 heterocycles. The first kappa shape index (κ1) is 26.3. The number of halogens is 3. The molecule has 39 heavy (non-hydrogen) atoms. The highest BCUT2D eigenvalue weighted by Crippen LogP contribution is 2.37. The second-order valence-electron chi connectivity index (χ2n) is 9.78. The van der Waals surface area contributed by atoms with E-state index in [1.54, 1.807) is 16.7 Å². The van der Waals surface area contributed by atoms with E-state index in [2.05, 4.69) is 39.3 Å². The zero-order valence-corrected chi connectivity index (χ0v) is 20.8. The lowest BCUT2D eigenvalue weighted by Crippen LogP contribution is -2.17. The maximum atomic E-state index is 12.7. The van der Waals surface area contributed by atoms with Crippen molar-refractivity contribution in [2.24, 2.45) is 5.92 Å². The molecule has 0 spiro atoms. The van der Waals surface area contributed by atoms with Crippen molar-refractivity contribution in [3.8, 4) is 16.9 Å². The summed E-state index contributed by atoms with van der Waals surface area (Å²) in [5.74, 6) is -1.03. The van der Waals surface area contributed by atoms with E-state index >= 15 is 0 Å². The number of aromatic nitrogens is 2. The van der Waals surface area contributed by atoms with E-state index in [-0.39, 0.29) is 23.7 Å². The Balaban J connectivity index is 1.26. The fourth-order valence-electron chi connectivity index (χ4n) is 5.13. The number of anilines is 1. The third kappa shape index (κ3) is 6.57. The number of ether oxygens (including phenoxy) is 1. The Bertz CT molecular complexity index is 1490. The summed E-state index contributed by atoms with van der Waals surface area (Å²) in [7, 11) is 0. The molecule has 1 fully saturated rings. The minimum atomic E-state index is -4.83. The number of carboxylic acid groups (broad SMARTS) is 1. The van der Waals surface area contributed by atoms with Crippen LogP contribution >= 0.6 is 0 Å². The van der Waals surface area contributed by atoms with Crippen LogP contribution in [0.15, 0.2) is 73.1 Å². The number of carboxylic acids is 1. The van der Waals surface area contributed by atoms with Crippen molar-refractivity contribution in [1.29, 1.82) is 0 Å². The van der Waals surface area contributed by atoms with Crippen LogP contribution in [0, 0.1) is 5.92 Å². The average molecular weight is 538 g/mol. The lowest BCUT2D eigenvalue weighted by molar-refractivity contribution is -0.274. The molecular weight excluding hydrogens is 511 g/mol. The Labute approximate surface area is 222 Å². The van der Waals surface area contributed by atoms with Gasteiger partial charge in [-0.1, -0.05) is 30.3 Å². The van der Waals surface area contributed by atoms with Crippen molar-refractivity contribution >= 4 is 23.2 Å². The number of hydrogen-bond donors (Lipinski definition) is 2. The average Bonchev–Trinajstić information content (AvgIpc) is 3.32. The number of alkyl halides is 3. The second-order valence-corrected chi connectivity index (χ2v) is 9.78. The van der Waals surface area contributed by atoms with Crippen LogP contribution in [-0.4, -0.2) is 32.7 Å². The van der Waals surface area contributed by atoms with Crippen molar-refractivity contribution in [1.82, 2.24) is 9.38 Å². The van der Waals surface area contributed by atoms with Gasteiger partial charge >= 0.3 is 12.3 Å². The van der Waals surface area contributed by atoms with Gasteiger partial charge in [0.1, 0.15) is 17.1 Å². The second kappa shape index (κ2) is 10.8. The Morgan fingerprint density at radius 1 is 0.974 bits per heavy atom. The van der Waals surface area contributed by atoms with Gasteiger partial charge in [0.25, 0.3) is 5.91 Å². The van der Waals surface area contributed by atoms with E-state index in [9.17, 15) is 22.8 Å². The molecule has 0 bridgehead atoms. The quantitative estimate of drug-likeness (QED) is 0.268. The molecule has 202 valence electrons. The van der Waals surface area contributed by atoms with Crippen LogP contribution in [0.25, 0.3) is 16.8 Å². The number of nitrogens with zero attached hydrogens (tertiary/aromatic N) is 2. The van der Waals surface area contributed by atoms with Gasteiger partial charge in [0.05, 0.1) is 0 Å². The van der Waals surface area contributed by atoms with Crippen molar-refractivity contribution in [3.63, 3.8) is 0 Å². The van der Waals surface area contributed by atoms with E-state index in [0.29, 0.717) is 11.6 Å². The zero-order valence-electron chi connectivity index (χ0n) is 20.8. The molecule has 2 aromatic heterocycles. The Morgan fingerprint density at radius 2 is 1.69 bits per heavy atom. The fourth-order valence-corrected chi connectivity index (χ4v) is 5.13. The predicted octanol–water partition coefficient (Wildman–Crippen LogP) is 6.90. The van der Waals surface area contributed by atoms with E-state index in [1.165, 1.54) is 17.7 Å². The molecule has 0 atom stereocenters. The number of carbonyl (C=O) groups is 2. The highest BCUT2D eigenvalue weighted by atomic mass is 19.4. The lowest BCUT2D eigenvalue weighted by Gasteiger charge is -2.28. The van der Waals surface area contributed by atoms with Crippen LogP contribution < -0.4 is 10.1 Å². The third-order valence-electron chi connectivity index (χ3n) is 7.03. The van der Waals surface area contributed by atoms with Crippen LogP contribution in [0.5, 0.6) is 5.75 Å². The predicted molar refractivity (Wildman–Crippen MR) is 139 cm³/mol. The molecule has 1 saturated carbocycles. The standard InChI is InChI=1S/C29H26F3N3O4/c30-29(31,32)39-24-3-1-2-23(15-24)33-28(38)25-17-35-16-22(12-13-26(35)34-25)21-10-8-20(9-11-21)19-6-4-18(5-7-19)14-27(36)37/h1-3,8-13,15-19H,4-7,14H2,(H,33,38)(H,36,37). The molecule has 4 aromatic rings. The summed E-state index contributed by atoms with van der Waals surface area (Å²) in [4.78, 5) is 28.0. The SMILES string of the molecule is O=C(O)CC1CCC(c2ccc(-c3ccc4nc(C(=O)Nc5cccc(OC(F)(F)F)c5)cn4c3)cc2)CC1. The number of hydrogen-bond acceptors (Lipinski definition) is 4. The van der Waals surface area contributed by atoms with Gasteiger partial charge in [0.15, 0.2) is 0 Å². The van der Waals surface area contributed by atoms with Crippen molar-refractivity contribution < 1.29 is 32.6 Å². The smallest absolute Gasteiger partial charge is 0.481 e. The van der Waals surface area contributed by atoms with Gasteiger partial charge in [-0.2, -0.15) is 0 Å². The first-order valence-electron chi connectivity index (χ1n) is 12.6. The molecule has 2 aromatic carbocycles. The van der Waals surface area contributed by atoms with Gasteiger partial charge in [-0.05, 0) is 78.5 Å². The number of nitrogens with one attached hydrogen (secondary N) is 1. The van der Waals surface area contributed by atoms with E-state index in [0.717, 1.165) is 48.9 Å². The summed E-state index contributed by atoms with van der Waals surface area (Å²) < 4.78 is 43.1. The van der Waals surface area contributed by atoms with Crippen LogP contribution in [-0.2, 0) is 4.79 Å². The molecule has 5 rings (SSSR count). The van der Waals surface area contributed by atoms with Crippen LogP contribution in [0.3, 0.4) is 0 Å². The van der Waals surface area contributed by atoms with Crippen LogP contribution in [0.1, 0.15) is 54.1 Å². The number of benzene rings is 2. The monoisotopic (exact) mass is 537 g/mol. The molecule has 1 aliphatic carbocycles. The van der Waals surface area contributed by atoms with Gasteiger partial charge < -0.3 is 19.6 Å². The Hall–Kier alpha value is -4.34. The number of pyridine rings is 1. The molecule has 10 heteroatoms. The number of rotatable bonds is 7. The first-order valence-corrected chi connectivity index (χ1v) is 12.6. The van der Waals surface area contributed by atoms with Gasteiger partial charge in [0, 0.05) is 30.6 Å². The normalized spacial score (nSPS) is 17.6. The Kier molecular flexibility index (Phi) is 7.28. The van der Waals surface area contributed by atoms with Crippen LogP contribution in [0.4, 0.5) is 18.9 Å². The Morgan fingerprint density at radius 3 is 2.38 bits per heavy atom. The van der Waals surface area contributed by atoms with E-state index in [1.807, 2.05) is 12.3 Å². The fraction of sp³-hybridized carbons (Fsp3) is 0.276. The van der Waals surface area contributed by atoms with E-state index < -0.39 is 24.0 Å². The van der Waals surface area contributed by atoms with Crippen LogP contribution in [0.2, 0.25) is 0 Å². The molecular formula is C29H26F3N3O4. The maximum Gasteiger partial charge on any atom is 0.573 e. The zero-order chi connectivity index (χ0) is 27.6. The van der Waals surface area contributed by atoms with Crippen molar-refractivity contribution in [2.75, 3.05) is 5.32 Å². The summed E-state index contributed by atoms with van der Waals surface area (Å²) in [6.07, 6.45) is 2.68. The number of imidazole rings is 1. The maximum absolute atomic E-state index is 12.7. The summed E-state index contributed by atoms with van der Waals surface area (Å²) in [5, 5.41) is 11.6. The topological polar surface area (TPSA) is 92.9 Å². The van der Waals surface area contributed by atoms with Gasteiger partial charge in [-0.3, -0.25) is 9.59 Å². The molecule has 7 nitrogen and oxygen atoms in total. The largest absolute Gasteiger partial charge is 0.573 e. The van der Waals surface area contributed by atoms with Gasteiger partial charge in [-0.25, -0.2) is 4.98 Å². The highest BCUT2D eigenvalue weighted by molar-refractivity contribution is 6.03. The molecule has 1 amide bonds. The first-order chi connectivity index (χ1) is 18.6. The van der Waals surface area contributed by atoms with Gasteiger partial charge in [0.2, 0.25) is 0 Å². The highest BCUT2D eigenvalue weighted by Gasteiger charge is 2.31. The number of aliphatic carboxylic acids is 1. The third-order valence-corrected chi connectivity index (χ3v) is 7.03. The van der Waals surface area contributed by atoms with Crippen molar-refractivity contribution in [2.45, 2.75) is 44.4 Å². The lowest BCUT2D eigenvalue weighted by atomic mass is 9.77. The number of carbonyl (C=O) groups excluding carboxylic acids is 1. The van der Waals surface area contributed by atoms with Gasteiger partial charge in [-0.15, -0.1) is 13.2 Å².